The number of hydrogen-bond acceptors (Lipinski definition) is 0. The normalized spacial score (nSPS) is 16.5. The molecule has 1 rings (SSSR count). The Hall–Kier alpha value is -0.417. The molecule has 0 amide bonds. The Morgan fingerprint density at radius 3 is 2.44 bits per heavy atom. The summed E-state index contributed by atoms with van der Waals surface area (Å²) in [4.78, 5) is 0. The van der Waals surface area contributed by atoms with Gasteiger partial charge >= 0.3 is 106 Å². The second-order valence-corrected chi connectivity index (χ2v) is 9.81. The van der Waals surface area contributed by atoms with Crippen molar-refractivity contribution >= 4 is 0 Å². The Morgan fingerprint density at radius 1 is 1.31 bits per heavy atom. The number of allylic oxidation sites excluding steroid dienone is 7. The van der Waals surface area contributed by atoms with Crippen LogP contribution in [-0.4, -0.2) is 0 Å². The van der Waals surface area contributed by atoms with E-state index in [0.29, 0.717) is 0 Å². The van der Waals surface area contributed by atoms with Gasteiger partial charge < -0.3 is 0 Å². The maximum absolute atomic E-state index is 2.56. The molecule has 0 aromatic carbocycles. The van der Waals surface area contributed by atoms with Crippen LogP contribution in [0, 0.1) is 0 Å². The van der Waals surface area contributed by atoms with E-state index in [1.807, 2.05) is 0 Å². The van der Waals surface area contributed by atoms with E-state index in [2.05, 4.69) is 63.6 Å². The van der Waals surface area contributed by atoms with Gasteiger partial charge in [-0.2, -0.15) is 0 Å². The van der Waals surface area contributed by atoms with E-state index in [4.69, 9.17) is 0 Å². The average molecular weight is 304 g/mol. The minimum absolute atomic E-state index is 0.816. The van der Waals surface area contributed by atoms with Gasteiger partial charge in [0.1, 0.15) is 0 Å². The van der Waals surface area contributed by atoms with Crippen LogP contribution in [0.5, 0.6) is 0 Å². The van der Waals surface area contributed by atoms with Crippen LogP contribution in [0.4, 0.5) is 0 Å². The summed E-state index contributed by atoms with van der Waals surface area (Å²) >= 11 is -0.931. The minimum atomic E-state index is -0.931. The number of hydrogen-bond donors (Lipinski definition) is 0. The zero-order chi connectivity index (χ0) is 12.1. The molecular weight excluding hydrogens is 281 g/mol. The molecule has 0 saturated carbocycles. The summed E-state index contributed by atoms with van der Waals surface area (Å²) in [5.41, 5.74) is 2.84. The Balaban J connectivity index is 2.84. The second kappa shape index (κ2) is 6.35. The summed E-state index contributed by atoms with van der Waals surface area (Å²) in [6.45, 7) is 11.3. The zero-order valence-corrected chi connectivity index (χ0v) is 12.8. The molecule has 1 aliphatic rings. The van der Waals surface area contributed by atoms with E-state index in [0.717, 1.165) is 4.51 Å². The summed E-state index contributed by atoms with van der Waals surface area (Å²) in [6.07, 6.45) is 10.3. The molecule has 0 N–H and O–H groups in total. The Kier molecular flexibility index (Phi) is 5.42. The molecule has 91 valence electrons. The first-order valence-electron chi connectivity index (χ1n) is 5.82. The molecule has 1 heteroatoms. The summed E-state index contributed by atoms with van der Waals surface area (Å²) < 4.78 is 5.07. The molecule has 0 bridgehead atoms. The fraction of sp³-hybridized carbons (Fsp3) is 0.467. The fourth-order valence-electron chi connectivity index (χ4n) is 1.67. The topological polar surface area (TPSA) is 0 Å². The molecular formula is C15H23Ru. The zero-order valence-electron chi connectivity index (χ0n) is 11.0. The molecule has 0 aromatic heterocycles. The van der Waals surface area contributed by atoms with E-state index in [1.54, 1.807) is 4.17 Å². The van der Waals surface area contributed by atoms with Crippen LogP contribution < -0.4 is 0 Å². The van der Waals surface area contributed by atoms with Crippen molar-refractivity contribution in [3.05, 3.63) is 44.3 Å². The summed E-state index contributed by atoms with van der Waals surface area (Å²) in [5.74, 6) is 0. The molecule has 0 nitrogen and oxygen atoms in total. The van der Waals surface area contributed by atoms with E-state index in [-0.39, 0.29) is 0 Å². The van der Waals surface area contributed by atoms with E-state index in [9.17, 15) is 0 Å². The van der Waals surface area contributed by atoms with Crippen molar-refractivity contribution in [3.8, 4) is 0 Å². The van der Waals surface area contributed by atoms with Gasteiger partial charge in [0.2, 0.25) is 0 Å². The third-order valence-electron chi connectivity index (χ3n) is 2.21. The van der Waals surface area contributed by atoms with Gasteiger partial charge in [-0.25, -0.2) is 0 Å². The quantitative estimate of drug-likeness (QED) is 0.498. The molecule has 0 aromatic rings. The molecule has 0 unspecified atom stereocenters. The van der Waals surface area contributed by atoms with Crippen molar-refractivity contribution in [1.29, 1.82) is 0 Å². The number of rotatable bonds is 4. The third-order valence-corrected chi connectivity index (χ3v) is 7.63. The predicted octanol–water partition coefficient (Wildman–Crippen LogP) is 5.15. The Bertz CT molecular complexity index is 350. The molecule has 0 spiro atoms. The van der Waals surface area contributed by atoms with Crippen LogP contribution in [0.3, 0.4) is 0 Å². The SMILES string of the molecule is CC(C)=CC(C)=[CH][Ru]([C]1=CC=CC1)[CH](C)C. The van der Waals surface area contributed by atoms with Crippen molar-refractivity contribution in [2.24, 2.45) is 0 Å². The Labute approximate surface area is 106 Å². The average Bonchev–Trinajstić information content (AvgIpc) is 2.64. The molecule has 0 radical (unpaired) electrons. The van der Waals surface area contributed by atoms with Crippen LogP contribution in [-0.2, 0) is 16.0 Å². The summed E-state index contributed by atoms with van der Waals surface area (Å²) in [7, 11) is 0. The van der Waals surface area contributed by atoms with Crippen LogP contribution in [0.1, 0.15) is 41.0 Å². The van der Waals surface area contributed by atoms with Gasteiger partial charge in [-0.05, 0) is 0 Å². The second-order valence-electron chi connectivity index (χ2n) is 4.61. The van der Waals surface area contributed by atoms with Crippen LogP contribution >= 0.6 is 0 Å². The fourth-order valence-corrected chi connectivity index (χ4v) is 5.98. The third kappa shape index (κ3) is 4.22. The predicted molar refractivity (Wildman–Crippen MR) is 70.1 cm³/mol. The monoisotopic (exact) mass is 305 g/mol. The van der Waals surface area contributed by atoms with Crippen molar-refractivity contribution < 1.29 is 16.0 Å². The van der Waals surface area contributed by atoms with Gasteiger partial charge in [0.05, 0.1) is 0 Å². The molecule has 0 heterocycles. The van der Waals surface area contributed by atoms with Crippen molar-refractivity contribution in [3.63, 3.8) is 0 Å². The first kappa shape index (κ1) is 13.6. The van der Waals surface area contributed by atoms with Crippen molar-refractivity contribution in [2.45, 2.75) is 45.6 Å². The molecule has 1 aliphatic carbocycles. The summed E-state index contributed by atoms with van der Waals surface area (Å²) in [6, 6.07) is 0. The summed E-state index contributed by atoms with van der Waals surface area (Å²) in [5, 5.41) is 0. The van der Waals surface area contributed by atoms with Gasteiger partial charge in [0, 0.05) is 0 Å². The molecule has 16 heavy (non-hydrogen) atoms. The standard InChI is InChI=1S/C7H11.C5H5.C3H7.Ru/c1-6(2)5-7(3)4;1-2-4-5-3-1;1-3-2;/h1,5H,2-4H3;1-3H,4H2;3H,1-2H3;. The molecule has 0 atom stereocenters. The molecule has 0 saturated heterocycles. The first-order chi connectivity index (χ1) is 7.50. The van der Waals surface area contributed by atoms with E-state index in [1.165, 1.54) is 17.6 Å². The van der Waals surface area contributed by atoms with Crippen LogP contribution in [0.15, 0.2) is 44.3 Å². The Morgan fingerprint density at radius 2 is 2.00 bits per heavy atom. The molecule has 0 aliphatic heterocycles. The maximum atomic E-state index is 2.56. The first-order valence-corrected chi connectivity index (χ1v) is 8.70. The van der Waals surface area contributed by atoms with Gasteiger partial charge in [0.25, 0.3) is 0 Å². The van der Waals surface area contributed by atoms with Gasteiger partial charge in [0.15, 0.2) is 0 Å². The van der Waals surface area contributed by atoms with Crippen LogP contribution in [0.2, 0.25) is 4.51 Å². The van der Waals surface area contributed by atoms with Crippen LogP contribution in [0.25, 0.3) is 0 Å². The molecule has 0 fully saturated rings. The van der Waals surface area contributed by atoms with Gasteiger partial charge in [-0.15, -0.1) is 0 Å². The van der Waals surface area contributed by atoms with Crippen molar-refractivity contribution in [2.75, 3.05) is 0 Å². The van der Waals surface area contributed by atoms with E-state index < -0.39 is 16.0 Å². The van der Waals surface area contributed by atoms with E-state index >= 15 is 0 Å². The van der Waals surface area contributed by atoms with Gasteiger partial charge in [-0.1, -0.05) is 0 Å². The van der Waals surface area contributed by atoms with Gasteiger partial charge in [-0.3, -0.25) is 0 Å². The van der Waals surface area contributed by atoms with Crippen molar-refractivity contribution in [1.82, 2.24) is 0 Å².